The second-order valence-corrected chi connectivity index (χ2v) is 16.5. The summed E-state index contributed by atoms with van der Waals surface area (Å²) >= 11 is 0. The number of likely N-dealkylation sites (N-methyl/N-ethyl adjacent to an activating group) is 1. The van der Waals surface area contributed by atoms with Crippen LogP contribution in [-0.2, 0) is 14.4 Å². The lowest BCUT2D eigenvalue weighted by Gasteiger charge is -2.45. The zero-order valence-corrected chi connectivity index (χ0v) is 28.4. The van der Waals surface area contributed by atoms with Crippen LogP contribution in [0, 0.1) is 28.4 Å². The molecule has 3 fully saturated rings. The molecule has 44 heavy (non-hydrogen) atoms. The van der Waals surface area contributed by atoms with Gasteiger partial charge in [0.05, 0.1) is 18.5 Å². The molecule has 1 saturated carbocycles. The van der Waals surface area contributed by atoms with Gasteiger partial charge < -0.3 is 10.6 Å². The Balaban J connectivity index is 1.76. The lowest BCUT2D eigenvalue weighted by molar-refractivity contribution is -0.858. The van der Waals surface area contributed by atoms with Gasteiger partial charge >= 0.3 is 5.91 Å². The van der Waals surface area contributed by atoms with Gasteiger partial charge in [0.2, 0.25) is 5.91 Å². The molecule has 2 aliphatic heterocycles. The highest BCUT2D eigenvalue weighted by Gasteiger charge is 2.60. The smallest absolute Gasteiger partial charge is 0.319 e. The van der Waals surface area contributed by atoms with Crippen LogP contribution in [0.15, 0.2) is 18.2 Å². The average molecular weight is 618 g/mol. The summed E-state index contributed by atoms with van der Waals surface area (Å²) in [6, 6.07) is 2.48. The molecule has 1 unspecified atom stereocenters. The minimum atomic E-state index is -0.796. The summed E-state index contributed by atoms with van der Waals surface area (Å²) in [5, 5.41) is 0. The summed E-state index contributed by atoms with van der Waals surface area (Å²) in [5.41, 5.74) is 5.69. The lowest BCUT2D eigenvalue weighted by atomic mass is 9.74. The quantitative estimate of drug-likeness (QED) is 0.421. The lowest BCUT2D eigenvalue weighted by Crippen LogP contribution is -2.63. The van der Waals surface area contributed by atoms with E-state index in [1.54, 1.807) is 0 Å². The maximum absolute atomic E-state index is 15.3. The largest absolute Gasteiger partial charge is 0.364 e. The van der Waals surface area contributed by atoms with Crippen molar-refractivity contribution < 1.29 is 27.6 Å². The monoisotopic (exact) mass is 617 g/mol. The predicted octanol–water partition coefficient (Wildman–Crippen LogP) is 5.61. The standard InChI is InChI=1S/C35H54F2N4O3/c1-10-41(31(43)27-20-39(34(5,6)7)19-26(27)25-12-11-22(36)17-28(25)37)21-24(18-29(41)30(38)42)40(32(44)33(2,3)4)23-13-15-35(8,9)16-14-23/h11-12,17,23-24,26-27,29H,10,13-16,18-21H2,1-9H3,(H-,38,42)/p+1/t24-,26-,27+,29-,41?/m0/s1. The Labute approximate surface area is 263 Å². The van der Waals surface area contributed by atoms with Gasteiger partial charge in [0.15, 0.2) is 6.04 Å². The topological polar surface area (TPSA) is 83.7 Å². The van der Waals surface area contributed by atoms with Gasteiger partial charge in [-0.05, 0) is 70.4 Å². The Morgan fingerprint density at radius 3 is 2.14 bits per heavy atom. The molecule has 5 atom stereocenters. The van der Waals surface area contributed by atoms with Gasteiger partial charge in [0, 0.05) is 48.5 Å². The highest BCUT2D eigenvalue weighted by Crippen LogP contribution is 2.45. The summed E-state index contributed by atoms with van der Waals surface area (Å²) in [5.74, 6) is -3.13. The highest BCUT2D eigenvalue weighted by molar-refractivity contribution is 5.85. The Kier molecular flexibility index (Phi) is 9.47. The van der Waals surface area contributed by atoms with Gasteiger partial charge in [-0.3, -0.25) is 14.5 Å². The number of hydrogen-bond donors (Lipinski definition) is 1. The van der Waals surface area contributed by atoms with E-state index in [9.17, 15) is 18.8 Å². The third kappa shape index (κ3) is 6.60. The van der Waals surface area contributed by atoms with E-state index in [0.29, 0.717) is 38.2 Å². The van der Waals surface area contributed by atoms with Crippen LogP contribution in [0.5, 0.6) is 0 Å². The van der Waals surface area contributed by atoms with Crippen molar-refractivity contribution in [2.45, 2.75) is 124 Å². The number of halogens is 2. The number of amides is 3. The van der Waals surface area contributed by atoms with E-state index < -0.39 is 40.8 Å². The molecule has 3 aliphatic rings. The molecule has 0 aromatic heterocycles. The van der Waals surface area contributed by atoms with Gasteiger partial charge in [-0.2, -0.15) is 0 Å². The highest BCUT2D eigenvalue weighted by atomic mass is 19.1. The maximum Gasteiger partial charge on any atom is 0.319 e. The van der Waals surface area contributed by atoms with Crippen molar-refractivity contribution in [2.75, 3.05) is 26.2 Å². The molecule has 1 aliphatic carbocycles. The summed E-state index contributed by atoms with van der Waals surface area (Å²) in [7, 11) is 0. The van der Waals surface area contributed by atoms with E-state index in [4.69, 9.17) is 5.73 Å². The van der Waals surface area contributed by atoms with Crippen LogP contribution in [0.25, 0.3) is 0 Å². The molecule has 2 heterocycles. The molecule has 0 radical (unpaired) electrons. The fourth-order valence-electron chi connectivity index (χ4n) is 8.08. The molecule has 246 valence electrons. The average Bonchev–Trinajstić information content (AvgIpc) is 3.52. The summed E-state index contributed by atoms with van der Waals surface area (Å²) in [6.45, 7) is 19.8. The maximum atomic E-state index is 15.3. The molecule has 0 spiro atoms. The Hall–Kier alpha value is -2.39. The second kappa shape index (κ2) is 12.1. The number of likely N-dealkylation sites (tertiary alicyclic amines) is 2. The van der Waals surface area contributed by atoms with Gasteiger partial charge in [-0.15, -0.1) is 0 Å². The van der Waals surface area contributed by atoms with Crippen LogP contribution >= 0.6 is 0 Å². The zero-order chi connectivity index (χ0) is 33.0. The first-order valence-electron chi connectivity index (χ1n) is 16.4. The third-order valence-electron chi connectivity index (χ3n) is 10.9. The van der Waals surface area contributed by atoms with E-state index in [1.165, 1.54) is 12.1 Å². The fourth-order valence-corrected chi connectivity index (χ4v) is 8.08. The molecule has 1 aromatic carbocycles. The normalized spacial score (nSPS) is 30.0. The molecule has 2 N–H and O–H groups in total. The number of carbonyl (C=O) groups excluding carboxylic acids is 3. The summed E-state index contributed by atoms with van der Waals surface area (Å²) in [6.07, 6.45) is 4.07. The van der Waals surface area contributed by atoms with E-state index in [0.717, 1.165) is 31.7 Å². The van der Waals surface area contributed by atoms with Gasteiger partial charge in [0.25, 0.3) is 5.91 Å². The number of rotatable bonds is 6. The Bertz CT molecular complexity index is 1260. The zero-order valence-electron chi connectivity index (χ0n) is 28.4. The van der Waals surface area contributed by atoms with Crippen molar-refractivity contribution in [3.8, 4) is 0 Å². The van der Waals surface area contributed by atoms with Crippen molar-refractivity contribution in [3.05, 3.63) is 35.4 Å². The Morgan fingerprint density at radius 2 is 1.64 bits per heavy atom. The van der Waals surface area contributed by atoms with Gasteiger partial charge in [0.1, 0.15) is 18.2 Å². The molecule has 7 nitrogen and oxygen atoms in total. The molecule has 4 rings (SSSR count). The van der Waals surface area contributed by atoms with Crippen LogP contribution in [0.4, 0.5) is 8.78 Å². The molecule has 3 amide bonds. The van der Waals surface area contributed by atoms with E-state index in [2.05, 4.69) is 39.5 Å². The van der Waals surface area contributed by atoms with Crippen molar-refractivity contribution in [1.82, 2.24) is 9.80 Å². The number of quaternary nitrogens is 1. The molecular formula is C35H55F2N4O3+. The summed E-state index contributed by atoms with van der Waals surface area (Å²) < 4.78 is 29.0. The molecule has 9 heteroatoms. The van der Waals surface area contributed by atoms with Crippen LogP contribution in [-0.4, -0.2) is 81.8 Å². The number of nitrogens with zero attached hydrogens (tertiary/aromatic N) is 3. The van der Waals surface area contributed by atoms with Crippen molar-refractivity contribution in [2.24, 2.45) is 22.5 Å². The number of benzene rings is 1. The molecule has 1 aromatic rings. The number of hydrogen-bond acceptors (Lipinski definition) is 4. The van der Waals surface area contributed by atoms with Crippen LogP contribution < -0.4 is 5.73 Å². The predicted molar refractivity (Wildman–Crippen MR) is 168 cm³/mol. The van der Waals surface area contributed by atoms with Crippen LogP contribution in [0.1, 0.15) is 106 Å². The van der Waals surface area contributed by atoms with Crippen molar-refractivity contribution in [1.29, 1.82) is 0 Å². The number of nitrogens with two attached hydrogens (primary N) is 1. The molecule has 2 saturated heterocycles. The number of carbonyl (C=O) groups is 3. The fraction of sp³-hybridized carbons (Fsp3) is 0.743. The minimum Gasteiger partial charge on any atom is -0.364 e. The van der Waals surface area contributed by atoms with Gasteiger partial charge in [-0.25, -0.2) is 18.1 Å². The first-order valence-corrected chi connectivity index (χ1v) is 16.4. The third-order valence-corrected chi connectivity index (χ3v) is 10.9. The van der Waals surface area contributed by atoms with E-state index in [-0.39, 0.29) is 39.3 Å². The molecular weight excluding hydrogens is 562 g/mol. The van der Waals surface area contributed by atoms with Crippen LogP contribution in [0.3, 0.4) is 0 Å². The minimum absolute atomic E-state index is 0.0316. The second-order valence-electron chi connectivity index (χ2n) is 16.5. The SMILES string of the molecule is CC[N+]1(C(=O)[C@@H]2CN(C(C)(C)C)C[C@H]2c2ccc(F)cc2F)C[C@@H](N(C(=O)C(C)(C)C)C2CCC(C)(C)CC2)C[C@H]1C(N)=O. The number of primary amides is 1. The van der Waals surface area contributed by atoms with E-state index >= 15 is 4.39 Å². The van der Waals surface area contributed by atoms with Gasteiger partial charge in [-0.1, -0.05) is 40.7 Å². The van der Waals surface area contributed by atoms with Crippen molar-refractivity contribution >= 4 is 17.7 Å². The first kappa shape index (κ1) is 34.5. The Morgan fingerprint density at radius 1 is 1.02 bits per heavy atom. The summed E-state index contributed by atoms with van der Waals surface area (Å²) in [4.78, 5) is 46.5. The van der Waals surface area contributed by atoms with E-state index in [1.807, 2.05) is 32.6 Å². The van der Waals surface area contributed by atoms with Crippen molar-refractivity contribution in [3.63, 3.8) is 0 Å². The first-order chi connectivity index (χ1) is 20.2. The van der Waals surface area contributed by atoms with Crippen LogP contribution in [0.2, 0.25) is 0 Å². The molecule has 0 bridgehead atoms.